The fourth-order valence-electron chi connectivity index (χ4n) is 3.61. The number of anilines is 1. The van der Waals surface area contributed by atoms with Crippen LogP contribution in [-0.2, 0) is 16.1 Å². The third-order valence-corrected chi connectivity index (χ3v) is 5.15. The molecule has 1 aromatic carbocycles. The lowest BCUT2D eigenvalue weighted by atomic mass is 10.1. The SMILES string of the molecule is O=C(CN1CCCCCCC1=O)NCc1ccc(N2CCCC2)cc1. The van der Waals surface area contributed by atoms with Gasteiger partial charge in [0, 0.05) is 38.3 Å². The minimum Gasteiger partial charge on any atom is -0.372 e. The van der Waals surface area contributed by atoms with Gasteiger partial charge in [-0.3, -0.25) is 9.59 Å². The molecule has 0 aromatic heterocycles. The van der Waals surface area contributed by atoms with Crippen molar-refractivity contribution in [3.05, 3.63) is 29.8 Å². The van der Waals surface area contributed by atoms with Gasteiger partial charge in [-0.2, -0.15) is 0 Å². The number of likely N-dealkylation sites (tertiary alicyclic amines) is 1. The van der Waals surface area contributed by atoms with Gasteiger partial charge in [0.05, 0.1) is 6.54 Å². The molecule has 0 unspecified atom stereocenters. The van der Waals surface area contributed by atoms with Crippen LogP contribution in [0.3, 0.4) is 0 Å². The summed E-state index contributed by atoms with van der Waals surface area (Å²) in [7, 11) is 0. The summed E-state index contributed by atoms with van der Waals surface area (Å²) in [5.41, 5.74) is 2.36. The first-order chi connectivity index (χ1) is 12.2. The molecule has 2 heterocycles. The number of amides is 2. The van der Waals surface area contributed by atoms with Gasteiger partial charge in [0.25, 0.3) is 0 Å². The highest BCUT2D eigenvalue weighted by molar-refractivity contribution is 5.84. The van der Waals surface area contributed by atoms with E-state index in [1.165, 1.54) is 18.5 Å². The predicted octanol–water partition coefficient (Wildman–Crippen LogP) is 2.70. The molecule has 1 N–H and O–H groups in total. The maximum atomic E-state index is 12.2. The van der Waals surface area contributed by atoms with E-state index in [1.807, 2.05) is 0 Å². The molecule has 5 heteroatoms. The van der Waals surface area contributed by atoms with E-state index >= 15 is 0 Å². The Balaban J connectivity index is 1.45. The van der Waals surface area contributed by atoms with Gasteiger partial charge in [-0.15, -0.1) is 0 Å². The molecule has 0 radical (unpaired) electrons. The van der Waals surface area contributed by atoms with E-state index in [1.54, 1.807) is 4.90 Å². The first kappa shape index (κ1) is 17.8. The molecule has 25 heavy (non-hydrogen) atoms. The number of hydrogen-bond donors (Lipinski definition) is 1. The van der Waals surface area contributed by atoms with E-state index in [0.717, 1.165) is 44.3 Å². The minimum absolute atomic E-state index is 0.0717. The van der Waals surface area contributed by atoms with Crippen molar-refractivity contribution in [3.8, 4) is 0 Å². The molecule has 2 fully saturated rings. The topological polar surface area (TPSA) is 52.7 Å². The van der Waals surface area contributed by atoms with Crippen LogP contribution in [0.5, 0.6) is 0 Å². The second-order valence-electron chi connectivity index (χ2n) is 7.12. The van der Waals surface area contributed by atoms with Crippen LogP contribution in [0, 0.1) is 0 Å². The Labute approximate surface area is 150 Å². The molecular weight excluding hydrogens is 314 g/mol. The summed E-state index contributed by atoms with van der Waals surface area (Å²) in [5.74, 6) is 0.0439. The van der Waals surface area contributed by atoms with Crippen molar-refractivity contribution in [1.29, 1.82) is 0 Å². The fraction of sp³-hybridized carbons (Fsp3) is 0.600. The Morgan fingerprint density at radius 3 is 2.36 bits per heavy atom. The Hall–Kier alpha value is -2.04. The van der Waals surface area contributed by atoms with E-state index in [0.29, 0.717) is 19.5 Å². The number of nitrogens with one attached hydrogen (secondary N) is 1. The Morgan fingerprint density at radius 2 is 1.60 bits per heavy atom. The van der Waals surface area contributed by atoms with Gasteiger partial charge >= 0.3 is 0 Å². The molecule has 136 valence electrons. The highest BCUT2D eigenvalue weighted by Gasteiger charge is 2.18. The van der Waals surface area contributed by atoms with E-state index in [4.69, 9.17) is 0 Å². The number of nitrogens with zero attached hydrogens (tertiary/aromatic N) is 2. The van der Waals surface area contributed by atoms with Crippen LogP contribution < -0.4 is 10.2 Å². The monoisotopic (exact) mass is 343 g/mol. The van der Waals surface area contributed by atoms with Gasteiger partial charge in [0.15, 0.2) is 0 Å². The molecule has 1 aromatic rings. The zero-order valence-corrected chi connectivity index (χ0v) is 15.0. The highest BCUT2D eigenvalue weighted by atomic mass is 16.2. The van der Waals surface area contributed by atoms with Gasteiger partial charge in [-0.05, 0) is 43.4 Å². The molecule has 5 nitrogen and oxygen atoms in total. The average Bonchev–Trinajstić information content (AvgIpc) is 3.15. The van der Waals surface area contributed by atoms with Crippen LogP contribution in [0.4, 0.5) is 5.69 Å². The quantitative estimate of drug-likeness (QED) is 0.894. The van der Waals surface area contributed by atoms with Crippen LogP contribution in [-0.4, -0.2) is 42.9 Å². The summed E-state index contributed by atoms with van der Waals surface area (Å²) in [6, 6.07) is 8.42. The summed E-state index contributed by atoms with van der Waals surface area (Å²) in [5, 5.41) is 2.95. The first-order valence-electron chi connectivity index (χ1n) is 9.61. The van der Waals surface area contributed by atoms with Gasteiger partial charge < -0.3 is 15.1 Å². The lowest BCUT2D eigenvalue weighted by Gasteiger charge is -2.24. The van der Waals surface area contributed by atoms with Crippen molar-refractivity contribution >= 4 is 17.5 Å². The summed E-state index contributed by atoms with van der Waals surface area (Å²) in [6.45, 7) is 3.68. The molecule has 0 saturated carbocycles. The summed E-state index contributed by atoms with van der Waals surface area (Å²) in [4.78, 5) is 28.4. The normalized spacial score (nSPS) is 18.8. The number of carbonyl (C=O) groups excluding carboxylic acids is 2. The van der Waals surface area contributed by atoms with Crippen molar-refractivity contribution in [2.24, 2.45) is 0 Å². The van der Waals surface area contributed by atoms with E-state index < -0.39 is 0 Å². The van der Waals surface area contributed by atoms with E-state index in [9.17, 15) is 9.59 Å². The third-order valence-electron chi connectivity index (χ3n) is 5.15. The summed E-state index contributed by atoms with van der Waals surface area (Å²) < 4.78 is 0. The molecule has 0 spiro atoms. The second-order valence-corrected chi connectivity index (χ2v) is 7.12. The fourth-order valence-corrected chi connectivity index (χ4v) is 3.61. The largest absolute Gasteiger partial charge is 0.372 e. The van der Waals surface area contributed by atoms with Gasteiger partial charge in [0.2, 0.25) is 11.8 Å². The average molecular weight is 343 g/mol. The van der Waals surface area contributed by atoms with Crippen LogP contribution >= 0.6 is 0 Å². The Morgan fingerprint density at radius 1 is 0.920 bits per heavy atom. The molecule has 0 atom stereocenters. The zero-order chi connectivity index (χ0) is 17.5. The van der Waals surface area contributed by atoms with Crippen molar-refractivity contribution in [2.45, 2.75) is 51.5 Å². The van der Waals surface area contributed by atoms with Crippen molar-refractivity contribution in [1.82, 2.24) is 10.2 Å². The van der Waals surface area contributed by atoms with E-state index in [-0.39, 0.29) is 18.4 Å². The van der Waals surface area contributed by atoms with Crippen LogP contribution in [0.2, 0.25) is 0 Å². The van der Waals surface area contributed by atoms with Gasteiger partial charge in [0.1, 0.15) is 0 Å². The Kier molecular flexibility index (Phi) is 6.31. The number of benzene rings is 1. The van der Waals surface area contributed by atoms with Gasteiger partial charge in [-0.1, -0.05) is 25.0 Å². The molecule has 2 aliphatic heterocycles. The summed E-state index contributed by atoms with van der Waals surface area (Å²) in [6.07, 6.45) is 7.33. The lowest BCUT2D eigenvalue weighted by Crippen LogP contribution is -2.41. The van der Waals surface area contributed by atoms with Crippen LogP contribution in [0.15, 0.2) is 24.3 Å². The minimum atomic E-state index is -0.0717. The van der Waals surface area contributed by atoms with E-state index in [2.05, 4.69) is 34.5 Å². The molecule has 0 aliphatic carbocycles. The molecule has 0 bridgehead atoms. The number of rotatable bonds is 5. The maximum absolute atomic E-state index is 12.2. The molecule has 2 amide bonds. The summed E-state index contributed by atoms with van der Waals surface area (Å²) >= 11 is 0. The highest BCUT2D eigenvalue weighted by Crippen LogP contribution is 2.20. The van der Waals surface area contributed by atoms with Crippen molar-refractivity contribution in [3.63, 3.8) is 0 Å². The number of carbonyl (C=O) groups is 2. The smallest absolute Gasteiger partial charge is 0.239 e. The molecule has 2 saturated heterocycles. The molecule has 2 aliphatic rings. The third kappa shape index (κ3) is 5.21. The zero-order valence-electron chi connectivity index (χ0n) is 15.0. The van der Waals surface area contributed by atoms with Crippen LogP contribution in [0.1, 0.15) is 50.5 Å². The van der Waals surface area contributed by atoms with Crippen molar-refractivity contribution in [2.75, 3.05) is 31.1 Å². The second kappa shape index (κ2) is 8.88. The van der Waals surface area contributed by atoms with Gasteiger partial charge in [-0.25, -0.2) is 0 Å². The predicted molar refractivity (Wildman–Crippen MR) is 99.4 cm³/mol. The standard InChI is InChI=1S/C20H29N3O2/c24-19(16-23-14-4-2-1-3-7-20(23)25)21-15-17-8-10-18(11-9-17)22-12-5-6-13-22/h8-11H,1-7,12-16H2,(H,21,24). The maximum Gasteiger partial charge on any atom is 0.239 e. The lowest BCUT2D eigenvalue weighted by molar-refractivity contribution is -0.136. The first-order valence-corrected chi connectivity index (χ1v) is 9.61. The molecule has 3 rings (SSSR count). The number of hydrogen-bond acceptors (Lipinski definition) is 3. The molecular formula is C20H29N3O2. The Bertz CT molecular complexity index is 579. The van der Waals surface area contributed by atoms with Crippen molar-refractivity contribution < 1.29 is 9.59 Å². The van der Waals surface area contributed by atoms with Crippen LogP contribution in [0.25, 0.3) is 0 Å².